The van der Waals surface area contributed by atoms with Crippen molar-refractivity contribution in [1.29, 1.82) is 0 Å². The van der Waals surface area contributed by atoms with Crippen molar-refractivity contribution in [3.8, 4) is 0 Å². The Morgan fingerprint density at radius 1 is 1.19 bits per heavy atom. The van der Waals surface area contributed by atoms with Crippen LogP contribution in [0.3, 0.4) is 0 Å². The van der Waals surface area contributed by atoms with Crippen LogP contribution in [0.5, 0.6) is 0 Å². The molecule has 2 rings (SSSR count). The molecule has 1 aliphatic rings. The molecule has 7 heteroatoms. The van der Waals surface area contributed by atoms with E-state index in [1.165, 1.54) is 7.11 Å². The third-order valence-corrected chi connectivity index (χ3v) is 4.55. The van der Waals surface area contributed by atoms with Crippen molar-refractivity contribution < 1.29 is 24.2 Å². The number of methoxy groups -OCH3 is 1. The highest BCUT2D eigenvalue weighted by molar-refractivity contribution is 5.91. The van der Waals surface area contributed by atoms with Gasteiger partial charge in [0.05, 0.1) is 31.4 Å². The lowest BCUT2D eigenvalue weighted by molar-refractivity contribution is 0.00564. The average molecular weight is 378 g/mol. The van der Waals surface area contributed by atoms with Crippen molar-refractivity contribution in [2.24, 2.45) is 0 Å². The Morgan fingerprint density at radius 2 is 1.78 bits per heavy atom. The van der Waals surface area contributed by atoms with Gasteiger partial charge < -0.3 is 19.5 Å². The lowest BCUT2D eigenvalue weighted by atomic mass is 10.0. The molecule has 2 atom stereocenters. The van der Waals surface area contributed by atoms with Crippen molar-refractivity contribution in [3.05, 3.63) is 29.3 Å². The topological polar surface area (TPSA) is 79.3 Å². The maximum atomic E-state index is 12.5. The minimum Gasteiger partial charge on any atom is -0.465 e. The van der Waals surface area contributed by atoms with E-state index >= 15 is 0 Å². The minimum atomic E-state index is -0.534. The SMILES string of the molecule is COC(=O)c1ccc(N2C[C@@H](C)N(C(=O)OC(C)(C)C)[C@@H](C)C2)cc1CO. The van der Waals surface area contributed by atoms with Crippen LogP contribution in [-0.2, 0) is 16.1 Å². The number of aliphatic hydroxyl groups is 1. The molecule has 1 aromatic rings. The number of esters is 1. The van der Waals surface area contributed by atoms with Crippen LogP contribution in [-0.4, -0.2) is 60.0 Å². The summed E-state index contributed by atoms with van der Waals surface area (Å²) in [6, 6.07) is 5.23. The number of hydrogen-bond donors (Lipinski definition) is 1. The van der Waals surface area contributed by atoms with Crippen molar-refractivity contribution >= 4 is 17.7 Å². The maximum Gasteiger partial charge on any atom is 0.410 e. The van der Waals surface area contributed by atoms with E-state index < -0.39 is 11.6 Å². The number of rotatable bonds is 3. The van der Waals surface area contributed by atoms with Crippen LogP contribution >= 0.6 is 0 Å². The zero-order valence-electron chi connectivity index (χ0n) is 17.0. The molecule has 1 saturated heterocycles. The summed E-state index contributed by atoms with van der Waals surface area (Å²) in [7, 11) is 1.32. The van der Waals surface area contributed by atoms with Gasteiger partial charge in [0.15, 0.2) is 0 Å². The smallest absolute Gasteiger partial charge is 0.410 e. The Balaban J connectivity index is 2.19. The highest BCUT2D eigenvalue weighted by Crippen LogP contribution is 2.26. The quantitative estimate of drug-likeness (QED) is 0.815. The Labute approximate surface area is 160 Å². The van der Waals surface area contributed by atoms with Crippen LogP contribution < -0.4 is 4.90 Å². The summed E-state index contributed by atoms with van der Waals surface area (Å²) in [5.74, 6) is -0.470. The number of hydrogen-bond acceptors (Lipinski definition) is 6. The normalized spacial score (nSPS) is 20.4. The van der Waals surface area contributed by atoms with Gasteiger partial charge in [-0.1, -0.05) is 0 Å². The minimum absolute atomic E-state index is 0.0403. The lowest BCUT2D eigenvalue weighted by Crippen LogP contribution is -2.59. The summed E-state index contributed by atoms with van der Waals surface area (Å²) in [4.78, 5) is 28.3. The van der Waals surface area contributed by atoms with Crippen LogP contribution in [0.2, 0.25) is 0 Å². The predicted molar refractivity (Wildman–Crippen MR) is 103 cm³/mol. The molecule has 150 valence electrons. The van der Waals surface area contributed by atoms with E-state index in [0.29, 0.717) is 24.2 Å². The first-order valence-electron chi connectivity index (χ1n) is 9.15. The second kappa shape index (κ2) is 8.17. The largest absolute Gasteiger partial charge is 0.465 e. The molecule has 1 fully saturated rings. The van der Waals surface area contributed by atoms with Gasteiger partial charge in [0.2, 0.25) is 0 Å². The molecule has 0 saturated carbocycles. The van der Waals surface area contributed by atoms with Gasteiger partial charge in [-0.25, -0.2) is 9.59 Å². The van der Waals surface area contributed by atoms with Gasteiger partial charge in [-0.15, -0.1) is 0 Å². The van der Waals surface area contributed by atoms with Crippen molar-refractivity contribution in [3.63, 3.8) is 0 Å². The monoisotopic (exact) mass is 378 g/mol. The van der Waals surface area contributed by atoms with Crippen molar-refractivity contribution in [2.75, 3.05) is 25.1 Å². The second-order valence-corrected chi connectivity index (χ2v) is 7.98. The first kappa shape index (κ1) is 21.0. The fraction of sp³-hybridized carbons (Fsp3) is 0.600. The van der Waals surface area contributed by atoms with Crippen LogP contribution in [0.25, 0.3) is 0 Å². The third-order valence-electron chi connectivity index (χ3n) is 4.55. The predicted octanol–water partition coefficient (Wildman–Crippen LogP) is 2.80. The zero-order valence-corrected chi connectivity index (χ0v) is 17.0. The molecule has 0 aliphatic carbocycles. The number of piperazine rings is 1. The number of anilines is 1. The van der Waals surface area contributed by atoms with Crippen LogP contribution in [0.15, 0.2) is 18.2 Å². The fourth-order valence-corrected chi connectivity index (χ4v) is 3.42. The van der Waals surface area contributed by atoms with E-state index in [2.05, 4.69) is 4.90 Å². The van der Waals surface area contributed by atoms with Crippen molar-refractivity contribution in [1.82, 2.24) is 4.90 Å². The number of carbonyl (C=O) groups excluding carboxylic acids is 2. The molecular formula is C20H30N2O5. The van der Waals surface area contributed by atoms with E-state index in [-0.39, 0.29) is 24.8 Å². The molecule has 0 spiro atoms. The summed E-state index contributed by atoms with van der Waals surface area (Å²) < 4.78 is 10.3. The van der Waals surface area contributed by atoms with E-state index in [1.54, 1.807) is 17.0 Å². The molecule has 0 aromatic heterocycles. The summed E-state index contributed by atoms with van der Waals surface area (Å²) in [6.07, 6.45) is -0.306. The van der Waals surface area contributed by atoms with Crippen LogP contribution in [0.4, 0.5) is 10.5 Å². The molecule has 1 aromatic carbocycles. The molecule has 0 unspecified atom stereocenters. The highest BCUT2D eigenvalue weighted by atomic mass is 16.6. The van der Waals surface area contributed by atoms with Gasteiger partial charge in [0.1, 0.15) is 5.60 Å². The molecular weight excluding hydrogens is 348 g/mol. The molecule has 0 bridgehead atoms. The van der Waals surface area contributed by atoms with E-state index in [1.807, 2.05) is 40.7 Å². The summed E-state index contributed by atoms with van der Waals surface area (Å²) in [5.41, 5.74) is 1.24. The highest BCUT2D eigenvalue weighted by Gasteiger charge is 2.35. The zero-order chi connectivity index (χ0) is 20.4. The molecule has 1 N–H and O–H groups in total. The van der Waals surface area contributed by atoms with Crippen molar-refractivity contribution in [2.45, 2.75) is 58.9 Å². The van der Waals surface area contributed by atoms with Gasteiger partial charge in [-0.05, 0) is 58.4 Å². The Hall–Kier alpha value is -2.28. The van der Waals surface area contributed by atoms with Gasteiger partial charge >= 0.3 is 12.1 Å². The first-order chi connectivity index (χ1) is 12.6. The lowest BCUT2D eigenvalue weighted by Gasteiger charge is -2.45. The Kier molecular flexibility index (Phi) is 6.36. The number of benzene rings is 1. The van der Waals surface area contributed by atoms with Gasteiger partial charge in [-0.3, -0.25) is 4.90 Å². The second-order valence-electron chi connectivity index (χ2n) is 7.98. The number of nitrogens with zero attached hydrogens (tertiary/aromatic N) is 2. The molecule has 1 amide bonds. The van der Waals surface area contributed by atoms with Gasteiger partial charge in [0, 0.05) is 18.8 Å². The Morgan fingerprint density at radius 3 is 2.26 bits per heavy atom. The van der Waals surface area contributed by atoms with E-state index in [0.717, 1.165) is 5.69 Å². The van der Waals surface area contributed by atoms with Gasteiger partial charge in [-0.2, -0.15) is 0 Å². The van der Waals surface area contributed by atoms with Crippen LogP contribution in [0, 0.1) is 0 Å². The molecule has 0 radical (unpaired) electrons. The van der Waals surface area contributed by atoms with Crippen LogP contribution in [0.1, 0.15) is 50.5 Å². The molecule has 7 nitrogen and oxygen atoms in total. The summed E-state index contributed by atoms with van der Waals surface area (Å²) in [6.45, 7) is 10.6. The summed E-state index contributed by atoms with van der Waals surface area (Å²) >= 11 is 0. The molecule has 1 heterocycles. The number of aliphatic hydroxyl groups excluding tert-OH is 1. The first-order valence-corrected chi connectivity index (χ1v) is 9.15. The number of amides is 1. The fourth-order valence-electron chi connectivity index (χ4n) is 3.42. The third kappa shape index (κ3) is 4.91. The molecule has 27 heavy (non-hydrogen) atoms. The number of carbonyl (C=O) groups is 2. The molecule has 1 aliphatic heterocycles. The average Bonchev–Trinajstić information content (AvgIpc) is 2.58. The van der Waals surface area contributed by atoms with Gasteiger partial charge in [0.25, 0.3) is 0 Å². The standard InChI is InChI=1S/C20H30N2O5/c1-13-10-21(11-14(2)22(13)19(25)27-20(3,4)5)16-7-8-17(18(24)26-6)15(9-16)12-23/h7-9,13-14,23H,10-12H2,1-6H3/t13-,14+. The summed E-state index contributed by atoms with van der Waals surface area (Å²) in [5, 5.41) is 9.62. The maximum absolute atomic E-state index is 12.5. The van der Waals surface area contributed by atoms with E-state index in [9.17, 15) is 14.7 Å². The Bertz CT molecular complexity index is 686. The number of ether oxygens (including phenoxy) is 2. The van der Waals surface area contributed by atoms with E-state index in [4.69, 9.17) is 9.47 Å².